The van der Waals surface area contributed by atoms with E-state index in [1.54, 1.807) is 0 Å². The largest absolute Gasteiger partial charge is 0.267 e. The molecule has 1 aromatic rings. The fourth-order valence-corrected chi connectivity index (χ4v) is 4.38. The van der Waals surface area contributed by atoms with Crippen molar-refractivity contribution in [2.75, 3.05) is 6.26 Å². The van der Waals surface area contributed by atoms with Crippen LogP contribution in [0.2, 0.25) is 0 Å². The molecule has 0 heterocycles. The van der Waals surface area contributed by atoms with Crippen LogP contribution >= 0.6 is 0 Å². The Labute approximate surface area is 120 Å². The fourth-order valence-electron chi connectivity index (χ4n) is 3.69. The van der Waals surface area contributed by atoms with Gasteiger partial charge in [-0.1, -0.05) is 30.8 Å². The maximum atomic E-state index is 11.2. The molecule has 2 aliphatic carbocycles. The van der Waals surface area contributed by atoms with E-state index in [9.17, 15) is 8.42 Å². The highest BCUT2D eigenvalue weighted by Gasteiger charge is 2.43. The number of fused-ring (bicyclic) bond motifs is 1. The third-order valence-electron chi connectivity index (χ3n) is 4.71. The zero-order valence-electron chi connectivity index (χ0n) is 11.8. The lowest BCUT2D eigenvalue weighted by molar-refractivity contribution is 0.117. The number of hydrogen-bond acceptors (Lipinski definition) is 3. The lowest BCUT2D eigenvalue weighted by Gasteiger charge is -2.37. The molecule has 2 aliphatic rings. The van der Waals surface area contributed by atoms with Gasteiger partial charge < -0.3 is 0 Å². The summed E-state index contributed by atoms with van der Waals surface area (Å²) in [6.07, 6.45) is 5.50. The van der Waals surface area contributed by atoms with Crippen LogP contribution in [0.25, 0.3) is 5.57 Å². The first-order chi connectivity index (χ1) is 9.40. The van der Waals surface area contributed by atoms with Gasteiger partial charge in [-0.05, 0) is 54.2 Å². The Morgan fingerprint density at radius 3 is 2.50 bits per heavy atom. The van der Waals surface area contributed by atoms with Crippen LogP contribution < -0.4 is 0 Å². The van der Waals surface area contributed by atoms with Crippen molar-refractivity contribution in [3.8, 4) is 0 Å². The fraction of sp³-hybridized carbons (Fsp3) is 0.500. The van der Waals surface area contributed by atoms with Crippen LogP contribution in [0.15, 0.2) is 30.8 Å². The lowest BCUT2D eigenvalue weighted by atomic mass is 9.69. The predicted octanol–water partition coefficient (Wildman–Crippen LogP) is 3.16. The van der Waals surface area contributed by atoms with E-state index in [0.717, 1.165) is 38.4 Å². The molecule has 3 nitrogen and oxygen atoms in total. The summed E-state index contributed by atoms with van der Waals surface area (Å²) in [7, 11) is -3.35. The molecule has 3 rings (SSSR count). The van der Waals surface area contributed by atoms with Crippen molar-refractivity contribution in [1.29, 1.82) is 0 Å². The molecule has 0 saturated heterocycles. The Morgan fingerprint density at radius 2 is 1.90 bits per heavy atom. The van der Waals surface area contributed by atoms with Crippen LogP contribution in [0.5, 0.6) is 0 Å². The second-order valence-corrected chi connectivity index (χ2v) is 7.69. The standard InChI is InChI=1S/C16H20O3S/c1-12-15-6-4-3-5-13(15)11-16(12)9-7-14(8-10-16)19-20(2,17)18/h3-6,14H,1,7-11H2,2H3. The monoisotopic (exact) mass is 292 g/mol. The maximum absolute atomic E-state index is 11.2. The molecule has 0 N–H and O–H groups in total. The third kappa shape index (κ3) is 2.42. The van der Waals surface area contributed by atoms with Gasteiger partial charge in [0.05, 0.1) is 12.4 Å². The van der Waals surface area contributed by atoms with Gasteiger partial charge in [0.15, 0.2) is 0 Å². The molecule has 108 valence electrons. The van der Waals surface area contributed by atoms with Crippen molar-refractivity contribution in [3.05, 3.63) is 42.0 Å². The SMILES string of the molecule is C=C1c2ccccc2CC12CCC(OS(C)(=O)=O)CC2. The summed E-state index contributed by atoms with van der Waals surface area (Å²) in [5, 5.41) is 0. The molecule has 1 spiro atoms. The average molecular weight is 292 g/mol. The van der Waals surface area contributed by atoms with Gasteiger partial charge in [0.2, 0.25) is 0 Å². The predicted molar refractivity (Wildman–Crippen MR) is 79.8 cm³/mol. The number of rotatable bonds is 2. The second kappa shape index (κ2) is 4.71. The van der Waals surface area contributed by atoms with Crippen molar-refractivity contribution in [2.45, 2.75) is 38.2 Å². The van der Waals surface area contributed by atoms with E-state index in [0.29, 0.717) is 0 Å². The van der Waals surface area contributed by atoms with Crippen molar-refractivity contribution in [3.63, 3.8) is 0 Å². The Balaban J connectivity index is 1.75. The molecular weight excluding hydrogens is 272 g/mol. The minimum absolute atomic E-state index is 0.126. The molecule has 20 heavy (non-hydrogen) atoms. The van der Waals surface area contributed by atoms with E-state index in [1.165, 1.54) is 16.7 Å². The van der Waals surface area contributed by atoms with Crippen LogP contribution in [0.3, 0.4) is 0 Å². The molecule has 1 saturated carbocycles. The molecule has 0 radical (unpaired) electrons. The van der Waals surface area contributed by atoms with Crippen molar-refractivity contribution in [2.24, 2.45) is 5.41 Å². The average Bonchev–Trinajstić information content (AvgIpc) is 2.65. The van der Waals surface area contributed by atoms with Crippen molar-refractivity contribution in [1.82, 2.24) is 0 Å². The van der Waals surface area contributed by atoms with E-state index in [-0.39, 0.29) is 11.5 Å². The molecule has 0 aliphatic heterocycles. The molecule has 1 fully saturated rings. The highest BCUT2D eigenvalue weighted by atomic mass is 32.2. The Kier molecular flexibility index (Phi) is 3.26. The number of allylic oxidation sites excluding steroid dienone is 1. The van der Waals surface area contributed by atoms with E-state index >= 15 is 0 Å². The molecule has 0 atom stereocenters. The lowest BCUT2D eigenvalue weighted by Crippen LogP contribution is -2.31. The summed E-state index contributed by atoms with van der Waals surface area (Å²) in [4.78, 5) is 0. The molecule has 0 aromatic heterocycles. The third-order valence-corrected chi connectivity index (χ3v) is 5.33. The summed E-state index contributed by atoms with van der Waals surface area (Å²) in [6.45, 7) is 4.31. The summed E-state index contributed by atoms with van der Waals surface area (Å²) in [6, 6.07) is 8.45. The van der Waals surface area contributed by atoms with Crippen LogP contribution in [0, 0.1) is 5.41 Å². The van der Waals surface area contributed by atoms with Gasteiger partial charge in [-0.3, -0.25) is 4.18 Å². The van der Waals surface area contributed by atoms with Crippen LogP contribution in [-0.4, -0.2) is 20.8 Å². The number of benzene rings is 1. The Morgan fingerprint density at radius 1 is 1.25 bits per heavy atom. The smallest absolute Gasteiger partial charge is 0.264 e. The highest BCUT2D eigenvalue weighted by Crippen LogP contribution is 2.54. The van der Waals surface area contributed by atoms with Gasteiger partial charge in [-0.15, -0.1) is 0 Å². The molecule has 0 amide bonds. The maximum Gasteiger partial charge on any atom is 0.264 e. The van der Waals surface area contributed by atoms with E-state index in [4.69, 9.17) is 4.18 Å². The summed E-state index contributed by atoms with van der Waals surface area (Å²) in [5.74, 6) is 0. The van der Waals surface area contributed by atoms with Crippen molar-refractivity contribution >= 4 is 15.7 Å². The van der Waals surface area contributed by atoms with E-state index < -0.39 is 10.1 Å². The summed E-state index contributed by atoms with van der Waals surface area (Å²) < 4.78 is 27.6. The van der Waals surface area contributed by atoms with Gasteiger partial charge in [0.1, 0.15) is 0 Å². The highest BCUT2D eigenvalue weighted by molar-refractivity contribution is 7.86. The molecule has 4 heteroatoms. The van der Waals surface area contributed by atoms with Gasteiger partial charge in [0, 0.05) is 0 Å². The molecule has 0 unspecified atom stereocenters. The second-order valence-electron chi connectivity index (χ2n) is 6.09. The summed E-state index contributed by atoms with van der Waals surface area (Å²) >= 11 is 0. The number of hydrogen-bond donors (Lipinski definition) is 0. The zero-order valence-corrected chi connectivity index (χ0v) is 12.6. The summed E-state index contributed by atoms with van der Waals surface area (Å²) in [5.41, 5.74) is 4.02. The van der Waals surface area contributed by atoms with Gasteiger partial charge in [-0.25, -0.2) is 0 Å². The van der Waals surface area contributed by atoms with Crippen molar-refractivity contribution < 1.29 is 12.6 Å². The molecule has 0 bridgehead atoms. The van der Waals surface area contributed by atoms with E-state index in [2.05, 4.69) is 30.8 Å². The van der Waals surface area contributed by atoms with Gasteiger partial charge in [0.25, 0.3) is 10.1 Å². The first kappa shape index (κ1) is 13.8. The van der Waals surface area contributed by atoms with Crippen LogP contribution in [-0.2, 0) is 20.7 Å². The first-order valence-corrected chi connectivity index (χ1v) is 8.87. The molecule has 1 aromatic carbocycles. The van der Waals surface area contributed by atoms with Gasteiger partial charge in [-0.2, -0.15) is 8.42 Å². The molecular formula is C16H20O3S. The van der Waals surface area contributed by atoms with Crippen LogP contribution in [0.1, 0.15) is 36.8 Å². The van der Waals surface area contributed by atoms with Gasteiger partial charge >= 0.3 is 0 Å². The van der Waals surface area contributed by atoms with E-state index in [1.807, 2.05) is 0 Å². The minimum atomic E-state index is -3.35. The first-order valence-electron chi connectivity index (χ1n) is 7.06. The Hall–Kier alpha value is -1.13. The normalized spacial score (nSPS) is 29.6. The zero-order chi connectivity index (χ0) is 14.4. The quantitative estimate of drug-likeness (QED) is 0.786. The van der Waals surface area contributed by atoms with Crippen LogP contribution in [0.4, 0.5) is 0 Å². The Bertz CT molecular complexity index is 637. The minimum Gasteiger partial charge on any atom is -0.267 e. The topological polar surface area (TPSA) is 43.4 Å².